The quantitative estimate of drug-likeness (QED) is 0.864. The summed E-state index contributed by atoms with van der Waals surface area (Å²) in [6, 6.07) is 12.6. The summed E-state index contributed by atoms with van der Waals surface area (Å²) in [5.74, 6) is -0.646. The molecule has 1 saturated heterocycles. The molecule has 0 spiro atoms. The van der Waals surface area contributed by atoms with Gasteiger partial charge < -0.3 is 15.1 Å². The Morgan fingerprint density at radius 3 is 2.61 bits per heavy atom. The van der Waals surface area contributed by atoms with Gasteiger partial charge in [0.25, 0.3) is 0 Å². The predicted molar refractivity (Wildman–Crippen MR) is 109 cm³/mol. The van der Waals surface area contributed by atoms with Gasteiger partial charge in [0.1, 0.15) is 0 Å². The molecule has 1 fully saturated rings. The number of nitrogens with zero attached hydrogens (tertiary/aromatic N) is 2. The molecule has 0 aliphatic carbocycles. The van der Waals surface area contributed by atoms with E-state index in [-0.39, 0.29) is 24.1 Å². The van der Waals surface area contributed by atoms with Gasteiger partial charge in [-0.2, -0.15) is 0 Å². The first-order valence-electron chi connectivity index (χ1n) is 9.20. The normalized spacial score (nSPS) is 18.4. The first kappa shape index (κ1) is 18.5. The van der Waals surface area contributed by atoms with E-state index in [1.807, 2.05) is 18.2 Å². The van der Waals surface area contributed by atoms with Crippen molar-refractivity contribution in [3.8, 4) is 0 Å². The van der Waals surface area contributed by atoms with E-state index in [4.69, 9.17) is 11.6 Å². The third-order valence-corrected chi connectivity index (χ3v) is 5.51. The van der Waals surface area contributed by atoms with Gasteiger partial charge in [-0.05, 0) is 54.4 Å². The fraction of sp³-hybridized carbons (Fsp3) is 0.286. The van der Waals surface area contributed by atoms with Gasteiger partial charge in [0, 0.05) is 48.5 Å². The summed E-state index contributed by atoms with van der Waals surface area (Å²) in [5, 5.41) is 3.44. The molecule has 1 N–H and O–H groups in total. The Hall–Kier alpha value is -2.86. The van der Waals surface area contributed by atoms with E-state index in [1.165, 1.54) is 0 Å². The Balaban J connectivity index is 1.47. The topological polar surface area (TPSA) is 69.7 Å². The van der Waals surface area contributed by atoms with E-state index in [0.717, 1.165) is 23.4 Å². The van der Waals surface area contributed by atoms with Gasteiger partial charge in [-0.1, -0.05) is 11.6 Å². The molecular weight excluding hydrogens is 378 g/mol. The van der Waals surface area contributed by atoms with E-state index in [9.17, 15) is 14.4 Å². The van der Waals surface area contributed by atoms with E-state index in [0.29, 0.717) is 23.8 Å². The molecule has 0 saturated carbocycles. The van der Waals surface area contributed by atoms with Crippen molar-refractivity contribution in [2.75, 3.05) is 28.2 Å². The maximum Gasteiger partial charge on any atom is 0.229 e. The van der Waals surface area contributed by atoms with Crippen molar-refractivity contribution in [2.24, 2.45) is 5.92 Å². The van der Waals surface area contributed by atoms with Crippen molar-refractivity contribution in [1.82, 2.24) is 0 Å². The number of hydrogen-bond donors (Lipinski definition) is 1. The predicted octanol–water partition coefficient (Wildman–Crippen LogP) is 3.24. The minimum Gasteiger partial charge on any atom is -0.326 e. The Morgan fingerprint density at radius 1 is 1.14 bits per heavy atom. The van der Waals surface area contributed by atoms with Crippen molar-refractivity contribution in [3.63, 3.8) is 0 Å². The molecule has 144 valence electrons. The average Bonchev–Trinajstić information content (AvgIpc) is 3.26. The van der Waals surface area contributed by atoms with E-state index in [1.54, 1.807) is 41.0 Å². The van der Waals surface area contributed by atoms with Gasteiger partial charge in [0.2, 0.25) is 17.7 Å². The Labute approximate surface area is 168 Å². The van der Waals surface area contributed by atoms with Crippen LogP contribution >= 0.6 is 11.6 Å². The Bertz CT molecular complexity index is 958. The highest BCUT2D eigenvalue weighted by Crippen LogP contribution is 2.34. The van der Waals surface area contributed by atoms with Gasteiger partial charge >= 0.3 is 0 Å². The number of fused-ring (bicyclic) bond motifs is 1. The number of benzene rings is 2. The van der Waals surface area contributed by atoms with E-state index < -0.39 is 5.92 Å². The molecule has 4 rings (SSSR count). The molecule has 6 nitrogen and oxygen atoms in total. The third-order valence-electron chi connectivity index (χ3n) is 5.26. The van der Waals surface area contributed by atoms with Crippen molar-refractivity contribution in [1.29, 1.82) is 0 Å². The molecule has 1 atom stereocenters. The van der Waals surface area contributed by atoms with Crippen molar-refractivity contribution in [2.45, 2.75) is 19.8 Å². The molecule has 1 unspecified atom stereocenters. The molecule has 2 aromatic carbocycles. The zero-order valence-corrected chi connectivity index (χ0v) is 16.2. The van der Waals surface area contributed by atoms with Crippen LogP contribution < -0.4 is 15.1 Å². The largest absolute Gasteiger partial charge is 0.326 e. The maximum atomic E-state index is 12.6. The monoisotopic (exact) mass is 397 g/mol. The molecule has 0 aromatic heterocycles. The summed E-state index contributed by atoms with van der Waals surface area (Å²) in [5.41, 5.74) is 3.38. The summed E-state index contributed by atoms with van der Waals surface area (Å²) < 4.78 is 0. The lowest BCUT2D eigenvalue weighted by molar-refractivity contribution is -0.122. The number of halogens is 1. The second-order valence-electron chi connectivity index (χ2n) is 7.14. The minimum absolute atomic E-state index is 0.0164. The molecule has 2 aliphatic rings. The number of nitrogens with one attached hydrogen (secondary N) is 1. The lowest BCUT2D eigenvalue weighted by Gasteiger charge is -2.19. The number of anilines is 3. The molecule has 2 aromatic rings. The summed E-state index contributed by atoms with van der Waals surface area (Å²) in [7, 11) is 0. The molecule has 0 radical (unpaired) electrons. The van der Waals surface area contributed by atoms with E-state index in [2.05, 4.69) is 5.32 Å². The molecule has 7 heteroatoms. The fourth-order valence-electron chi connectivity index (χ4n) is 3.79. The molecule has 3 amide bonds. The second-order valence-corrected chi connectivity index (χ2v) is 7.57. The highest BCUT2D eigenvalue weighted by Gasteiger charge is 2.36. The number of hydrogen-bond acceptors (Lipinski definition) is 3. The zero-order chi connectivity index (χ0) is 19.8. The minimum atomic E-state index is -0.412. The van der Waals surface area contributed by atoms with Gasteiger partial charge in [-0.15, -0.1) is 0 Å². The first-order chi connectivity index (χ1) is 13.4. The van der Waals surface area contributed by atoms with Gasteiger partial charge in [0.15, 0.2) is 0 Å². The zero-order valence-electron chi connectivity index (χ0n) is 15.4. The number of carbonyl (C=O) groups is 3. The van der Waals surface area contributed by atoms with Crippen LogP contribution in [0, 0.1) is 5.92 Å². The number of carbonyl (C=O) groups excluding carboxylic acids is 3. The average molecular weight is 398 g/mol. The molecule has 2 heterocycles. The Morgan fingerprint density at radius 2 is 1.89 bits per heavy atom. The van der Waals surface area contributed by atoms with Crippen LogP contribution in [0.3, 0.4) is 0 Å². The van der Waals surface area contributed by atoms with Crippen LogP contribution in [0.25, 0.3) is 0 Å². The van der Waals surface area contributed by atoms with Crippen LogP contribution in [-0.2, 0) is 20.8 Å². The molecule has 2 aliphatic heterocycles. The summed E-state index contributed by atoms with van der Waals surface area (Å²) in [4.78, 5) is 40.2. The first-order valence-corrected chi connectivity index (χ1v) is 9.58. The van der Waals surface area contributed by atoms with Gasteiger partial charge in [-0.25, -0.2) is 0 Å². The van der Waals surface area contributed by atoms with Crippen molar-refractivity contribution in [3.05, 3.63) is 53.1 Å². The van der Waals surface area contributed by atoms with Crippen molar-refractivity contribution >= 4 is 46.4 Å². The van der Waals surface area contributed by atoms with Crippen LogP contribution in [0.5, 0.6) is 0 Å². The summed E-state index contributed by atoms with van der Waals surface area (Å²) >= 11 is 5.86. The fourth-order valence-corrected chi connectivity index (χ4v) is 3.92. The lowest BCUT2D eigenvalue weighted by atomic mass is 10.1. The summed E-state index contributed by atoms with van der Waals surface area (Å²) in [6.07, 6.45) is 0.946. The molecular formula is C21H20ClN3O3. The second kappa shape index (κ2) is 7.28. The van der Waals surface area contributed by atoms with Crippen molar-refractivity contribution < 1.29 is 14.4 Å². The van der Waals surface area contributed by atoms with Crippen LogP contribution in [0.15, 0.2) is 42.5 Å². The summed E-state index contributed by atoms with van der Waals surface area (Å²) in [6.45, 7) is 2.55. The van der Waals surface area contributed by atoms with Crippen LogP contribution in [-0.4, -0.2) is 30.8 Å². The number of amides is 3. The SMILES string of the molecule is CC(=O)N1CCc2cc(N3CC(C(=O)Nc4ccc(Cl)cc4)CC3=O)ccc21. The Kier molecular flexibility index (Phi) is 4.81. The van der Waals surface area contributed by atoms with Crippen LogP contribution in [0.4, 0.5) is 17.1 Å². The maximum absolute atomic E-state index is 12.6. The molecule has 28 heavy (non-hydrogen) atoms. The highest BCUT2D eigenvalue weighted by molar-refractivity contribution is 6.30. The smallest absolute Gasteiger partial charge is 0.229 e. The lowest BCUT2D eigenvalue weighted by Crippen LogP contribution is -2.28. The van der Waals surface area contributed by atoms with E-state index >= 15 is 0 Å². The highest BCUT2D eigenvalue weighted by atomic mass is 35.5. The molecule has 0 bridgehead atoms. The number of rotatable bonds is 3. The van der Waals surface area contributed by atoms with Gasteiger partial charge in [0.05, 0.1) is 5.92 Å². The third kappa shape index (κ3) is 3.47. The standard InChI is InChI=1S/C21H20ClN3O3/c1-13(26)24-9-8-14-10-18(6-7-19(14)24)25-12-15(11-20(25)27)21(28)23-17-4-2-16(22)3-5-17/h2-7,10,15H,8-9,11-12H2,1H3,(H,23,28). The van der Waals surface area contributed by atoms with Crippen LogP contribution in [0.1, 0.15) is 18.9 Å². The van der Waals surface area contributed by atoms with Crippen LogP contribution in [0.2, 0.25) is 5.02 Å². The van der Waals surface area contributed by atoms with Gasteiger partial charge in [-0.3, -0.25) is 14.4 Å².